The highest BCUT2D eigenvalue weighted by Gasteiger charge is 2.19. The molecule has 2 atom stereocenters. The Balaban J connectivity index is 2.38. The summed E-state index contributed by atoms with van der Waals surface area (Å²) in [5.41, 5.74) is 6.92. The molecule has 0 spiro atoms. The molecule has 1 unspecified atom stereocenters. The molecule has 4 nitrogen and oxygen atoms in total. The number of nitrogens with two attached hydrogens (primary N) is 1. The maximum Gasteiger partial charge on any atom is 0.237 e. The first-order valence-corrected chi connectivity index (χ1v) is 7.33. The van der Waals surface area contributed by atoms with Crippen molar-refractivity contribution in [2.24, 2.45) is 11.7 Å². The smallest absolute Gasteiger partial charge is 0.237 e. The zero-order valence-corrected chi connectivity index (χ0v) is 12.4. The summed E-state index contributed by atoms with van der Waals surface area (Å²) in [6.45, 7) is 4.36. The summed E-state index contributed by atoms with van der Waals surface area (Å²) in [6, 6.07) is 9.11. The number of aliphatic hydroxyl groups excluding tert-OH is 1. The van der Waals surface area contributed by atoms with Crippen molar-refractivity contribution < 1.29 is 9.90 Å². The molecule has 0 saturated carbocycles. The van der Waals surface area contributed by atoms with Crippen molar-refractivity contribution in [2.75, 3.05) is 6.54 Å². The Bertz CT molecular complexity index is 391. The third-order valence-corrected chi connectivity index (χ3v) is 3.71. The van der Waals surface area contributed by atoms with Crippen LogP contribution in [-0.2, 0) is 11.2 Å². The summed E-state index contributed by atoms with van der Waals surface area (Å²) in [4.78, 5) is 11.9. The van der Waals surface area contributed by atoms with Gasteiger partial charge in [-0.15, -0.1) is 0 Å². The van der Waals surface area contributed by atoms with Crippen molar-refractivity contribution in [3.63, 3.8) is 0 Å². The summed E-state index contributed by atoms with van der Waals surface area (Å²) < 4.78 is 0. The number of benzene rings is 1. The molecular weight excluding hydrogens is 252 g/mol. The monoisotopic (exact) mass is 278 g/mol. The molecule has 0 heterocycles. The molecule has 1 aromatic rings. The number of aliphatic hydroxyl groups is 1. The number of nitrogens with one attached hydrogen (secondary N) is 1. The van der Waals surface area contributed by atoms with Crippen LogP contribution in [0.15, 0.2) is 30.3 Å². The van der Waals surface area contributed by atoms with Crippen LogP contribution < -0.4 is 11.1 Å². The van der Waals surface area contributed by atoms with Gasteiger partial charge < -0.3 is 16.2 Å². The lowest BCUT2D eigenvalue weighted by Gasteiger charge is -2.21. The van der Waals surface area contributed by atoms with Gasteiger partial charge in [0.2, 0.25) is 5.91 Å². The first-order chi connectivity index (χ1) is 9.58. The molecule has 0 bridgehead atoms. The number of hydrogen-bond acceptors (Lipinski definition) is 3. The van der Waals surface area contributed by atoms with Crippen LogP contribution in [0.1, 0.15) is 32.3 Å². The third kappa shape index (κ3) is 5.31. The predicted octanol–water partition coefficient (Wildman–Crippen LogP) is 1.47. The normalized spacial score (nSPS) is 14.1. The van der Waals surface area contributed by atoms with E-state index in [2.05, 4.69) is 5.32 Å². The average molecular weight is 278 g/mol. The highest BCUT2D eigenvalue weighted by atomic mass is 16.3. The van der Waals surface area contributed by atoms with Gasteiger partial charge in [-0.3, -0.25) is 4.79 Å². The molecule has 1 rings (SSSR count). The van der Waals surface area contributed by atoms with E-state index in [-0.39, 0.29) is 18.4 Å². The minimum Gasteiger partial charge on any atom is -0.391 e. The Morgan fingerprint density at radius 3 is 2.40 bits per heavy atom. The van der Waals surface area contributed by atoms with Crippen LogP contribution in [0.4, 0.5) is 0 Å². The van der Waals surface area contributed by atoms with E-state index in [9.17, 15) is 9.90 Å². The molecule has 0 fully saturated rings. The Morgan fingerprint density at radius 2 is 1.85 bits per heavy atom. The highest BCUT2D eigenvalue weighted by molar-refractivity contribution is 5.81. The molecular formula is C16H26N2O2. The molecule has 1 amide bonds. The minimum atomic E-state index is -0.577. The molecule has 1 aromatic carbocycles. The van der Waals surface area contributed by atoms with E-state index in [4.69, 9.17) is 5.73 Å². The van der Waals surface area contributed by atoms with E-state index in [1.807, 2.05) is 44.2 Å². The van der Waals surface area contributed by atoms with Crippen molar-refractivity contribution in [3.05, 3.63) is 35.9 Å². The lowest BCUT2D eigenvalue weighted by molar-refractivity contribution is -0.123. The minimum absolute atomic E-state index is 0.209. The zero-order valence-electron chi connectivity index (χ0n) is 12.4. The fourth-order valence-electron chi connectivity index (χ4n) is 2.30. The van der Waals surface area contributed by atoms with Crippen LogP contribution >= 0.6 is 0 Å². The quantitative estimate of drug-likeness (QED) is 0.674. The molecule has 0 aliphatic rings. The van der Waals surface area contributed by atoms with Crippen molar-refractivity contribution in [3.8, 4) is 0 Å². The van der Waals surface area contributed by atoms with Gasteiger partial charge in [-0.2, -0.15) is 0 Å². The summed E-state index contributed by atoms with van der Waals surface area (Å²) >= 11 is 0. The molecule has 0 saturated heterocycles. The van der Waals surface area contributed by atoms with Crippen LogP contribution in [0.3, 0.4) is 0 Å². The molecule has 0 radical (unpaired) electrons. The lowest BCUT2D eigenvalue weighted by Crippen LogP contribution is -2.45. The van der Waals surface area contributed by atoms with Crippen LogP contribution in [0, 0.1) is 5.92 Å². The van der Waals surface area contributed by atoms with Gasteiger partial charge in [-0.25, -0.2) is 0 Å². The number of amides is 1. The second-order valence-corrected chi connectivity index (χ2v) is 5.19. The van der Waals surface area contributed by atoms with Crippen molar-refractivity contribution in [2.45, 2.75) is 45.3 Å². The molecule has 112 valence electrons. The summed E-state index contributed by atoms with van der Waals surface area (Å²) in [5.74, 6) is 0.0134. The van der Waals surface area contributed by atoms with Gasteiger partial charge in [-0.05, 0) is 17.9 Å². The van der Waals surface area contributed by atoms with Gasteiger partial charge in [0.05, 0.1) is 12.1 Å². The van der Waals surface area contributed by atoms with Crippen LogP contribution in [0.25, 0.3) is 0 Å². The SMILES string of the molecule is CCC(CC)C(O)CNC(=O)[C@@H](N)Cc1ccccc1. The Hall–Kier alpha value is -1.39. The first kappa shape index (κ1) is 16.7. The number of carbonyl (C=O) groups excluding carboxylic acids is 1. The molecule has 0 aliphatic carbocycles. The number of hydrogen-bond donors (Lipinski definition) is 3. The van der Waals surface area contributed by atoms with E-state index < -0.39 is 12.1 Å². The van der Waals surface area contributed by atoms with E-state index in [0.29, 0.717) is 6.42 Å². The summed E-state index contributed by atoms with van der Waals surface area (Å²) in [7, 11) is 0. The van der Waals surface area contributed by atoms with Gasteiger partial charge in [0.25, 0.3) is 0 Å². The maximum atomic E-state index is 11.9. The number of rotatable bonds is 8. The van der Waals surface area contributed by atoms with Gasteiger partial charge in [0, 0.05) is 6.54 Å². The Morgan fingerprint density at radius 1 is 1.25 bits per heavy atom. The molecule has 0 aromatic heterocycles. The van der Waals surface area contributed by atoms with E-state index in [1.165, 1.54) is 0 Å². The lowest BCUT2D eigenvalue weighted by atomic mass is 9.96. The van der Waals surface area contributed by atoms with Gasteiger partial charge in [0.15, 0.2) is 0 Å². The second kappa shape index (κ2) is 8.72. The zero-order chi connectivity index (χ0) is 15.0. The second-order valence-electron chi connectivity index (χ2n) is 5.19. The van der Waals surface area contributed by atoms with Crippen LogP contribution in [0.2, 0.25) is 0 Å². The molecule has 20 heavy (non-hydrogen) atoms. The predicted molar refractivity (Wildman–Crippen MR) is 81.2 cm³/mol. The fraction of sp³-hybridized carbons (Fsp3) is 0.562. The highest BCUT2D eigenvalue weighted by Crippen LogP contribution is 2.12. The van der Waals surface area contributed by atoms with Crippen LogP contribution in [-0.4, -0.2) is 29.7 Å². The summed E-state index contributed by atoms with van der Waals surface area (Å²) in [6.07, 6.45) is 1.82. The van der Waals surface area contributed by atoms with Gasteiger partial charge >= 0.3 is 0 Å². The van der Waals surface area contributed by atoms with Gasteiger partial charge in [0.1, 0.15) is 0 Å². The average Bonchev–Trinajstić information content (AvgIpc) is 2.47. The largest absolute Gasteiger partial charge is 0.391 e. The van der Waals surface area contributed by atoms with E-state index >= 15 is 0 Å². The van der Waals surface area contributed by atoms with Crippen LogP contribution in [0.5, 0.6) is 0 Å². The van der Waals surface area contributed by atoms with Crippen molar-refractivity contribution in [1.29, 1.82) is 0 Å². The maximum absolute atomic E-state index is 11.9. The standard InChI is InChI=1S/C16H26N2O2/c1-3-13(4-2)15(19)11-18-16(20)14(17)10-12-8-6-5-7-9-12/h5-9,13-15,19H,3-4,10-11,17H2,1-2H3,(H,18,20)/t14-,15?/m0/s1. The fourth-order valence-corrected chi connectivity index (χ4v) is 2.30. The molecule has 0 aliphatic heterocycles. The summed E-state index contributed by atoms with van der Waals surface area (Å²) in [5, 5.41) is 12.7. The van der Waals surface area contributed by atoms with Crippen molar-refractivity contribution >= 4 is 5.91 Å². The third-order valence-electron chi connectivity index (χ3n) is 3.71. The van der Waals surface area contributed by atoms with Crippen molar-refractivity contribution in [1.82, 2.24) is 5.32 Å². The Labute approximate surface area is 121 Å². The topological polar surface area (TPSA) is 75.3 Å². The van der Waals surface area contributed by atoms with Gasteiger partial charge in [-0.1, -0.05) is 57.0 Å². The number of carbonyl (C=O) groups is 1. The first-order valence-electron chi connectivity index (χ1n) is 7.33. The molecule has 4 heteroatoms. The Kier molecular flexibility index (Phi) is 7.26. The van der Waals surface area contributed by atoms with E-state index in [0.717, 1.165) is 18.4 Å². The van der Waals surface area contributed by atoms with E-state index in [1.54, 1.807) is 0 Å². The molecule has 4 N–H and O–H groups in total.